The van der Waals surface area contributed by atoms with Crippen molar-refractivity contribution >= 4 is 5.91 Å². The number of rotatable bonds is 12. The van der Waals surface area contributed by atoms with Gasteiger partial charge in [-0.05, 0) is 5.92 Å². The van der Waals surface area contributed by atoms with Crippen LogP contribution in [0.4, 0.5) is 0 Å². The summed E-state index contributed by atoms with van der Waals surface area (Å²) in [5.74, 6) is 0.450. The zero-order chi connectivity index (χ0) is 14.5. The molecule has 0 bridgehead atoms. The second kappa shape index (κ2) is 12.3. The first kappa shape index (κ1) is 18.3. The van der Waals surface area contributed by atoms with Gasteiger partial charge in [-0.1, -0.05) is 13.8 Å². The molecule has 1 amide bonds. The predicted molar refractivity (Wildman–Crippen MR) is 74.0 cm³/mol. The molecule has 3 N–H and O–H groups in total. The van der Waals surface area contributed by atoms with Gasteiger partial charge in [0.2, 0.25) is 5.91 Å². The van der Waals surface area contributed by atoms with Crippen molar-refractivity contribution < 1.29 is 19.4 Å². The Labute approximate surface area is 115 Å². The zero-order valence-electron chi connectivity index (χ0n) is 12.3. The van der Waals surface area contributed by atoms with Crippen molar-refractivity contribution in [3.8, 4) is 0 Å². The maximum Gasteiger partial charge on any atom is 0.221 e. The highest BCUT2D eigenvalue weighted by Gasteiger charge is 2.05. The fraction of sp³-hybridized carbons (Fsp3) is 0.923. The molecule has 0 fully saturated rings. The van der Waals surface area contributed by atoms with Gasteiger partial charge in [0, 0.05) is 39.8 Å². The van der Waals surface area contributed by atoms with Crippen LogP contribution in [0.3, 0.4) is 0 Å². The van der Waals surface area contributed by atoms with Gasteiger partial charge in [-0.15, -0.1) is 0 Å². The largest absolute Gasteiger partial charge is 0.389 e. The molecule has 0 heterocycles. The van der Waals surface area contributed by atoms with Gasteiger partial charge in [0.05, 0.1) is 19.3 Å². The Morgan fingerprint density at radius 2 is 2.00 bits per heavy atom. The summed E-state index contributed by atoms with van der Waals surface area (Å²) in [7, 11) is 1.59. The van der Waals surface area contributed by atoms with Crippen LogP contribution in [-0.2, 0) is 14.3 Å². The fourth-order valence-electron chi connectivity index (χ4n) is 1.35. The smallest absolute Gasteiger partial charge is 0.221 e. The summed E-state index contributed by atoms with van der Waals surface area (Å²) in [4.78, 5) is 11.3. The molecule has 0 aromatic carbocycles. The number of carbonyl (C=O) groups is 1. The molecule has 1 atom stereocenters. The van der Waals surface area contributed by atoms with Gasteiger partial charge >= 0.3 is 0 Å². The van der Waals surface area contributed by atoms with E-state index in [1.807, 2.05) is 0 Å². The molecular formula is C13H28N2O4. The highest BCUT2D eigenvalue weighted by Crippen LogP contribution is 1.93. The predicted octanol–water partition coefficient (Wildman–Crippen LogP) is -0.238. The first-order valence-electron chi connectivity index (χ1n) is 6.78. The molecule has 6 nitrogen and oxygen atoms in total. The van der Waals surface area contributed by atoms with Gasteiger partial charge in [0.25, 0.3) is 0 Å². The van der Waals surface area contributed by atoms with Crippen molar-refractivity contribution in [1.29, 1.82) is 0 Å². The Kier molecular flexibility index (Phi) is 11.9. The minimum atomic E-state index is -0.532. The molecule has 114 valence electrons. The van der Waals surface area contributed by atoms with Crippen molar-refractivity contribution in [1.82, 2.24) is 10.6 Å². The summed E-state index contributed by atoms with van der Waals surface area (Å²) in [6.07, 6.45) is -0.140. The van der Waals surface area contributed by atoms with Crippen LogP contribution < -0.4 is 10.6 Å². The SMILES string of the molecule is COCCNC(=O)CCNCC(O)COCC(C)C. The summed E-state index contributed by atoms with van der Waals surface area (Å²) in [5, 5.41) is 15.3. The lowest BCUT2D eigenvalue weighted by atomic mass is 10.2. The van der Waals surface area contributed by atoms with E-state index in [2.05, 4.69) is 24.5 Å². The molecule has 0 radical (unpaired) electrons. The molecule has 0 saturated carbocycles. The number of aliphatic hydroxyl groups is 1. The Morgan fingerprint density at radius 3 is 2.63 bits per heavy atom. The van der Waals surface area contributed by atoms with Crippen LogP contribution in [-0.4, -0.2) is 63.7 Å². The van der Waals surface area contributed by atoms with Crippen LogP contribution in [0, 0.1) is 5.92 Å². The topological polar surface area (TPSA) is 79.8 Å². The molecule has 6 heteroatoms. The van der Waals surface area contributed by atoms with Gasteiger partial charge in [-0.3, -0.25) is 4.79 Å². The zero-order valence-corrected chi connectivity index (χ0v) is 12.3. The molecule has 1 unspecified atom stereocenters. The summed E-state index contributed by atoms with van der Waals surface area (Å²) >= 11 is 0. The highest BCUT2D eigenvalue weighted by atomic mass is 16.5. The summed E-state index contributed by atoms with van der Waals surface area (Å²) in [6.45, 7) is 7.12. The van der Waals surface area contributed by atoms with E-state index in [4.69, 9.17) is 9.47 Å². The first-order valence-corrected chi connectivity index (χ1v) is 6.78. The second-order valence-corrected chi connectivity index (χ2v) is 4.88. The van der Waals surface area contributed by atoms with Crippen LogP contribution in [0.25, 0.3) is 0 Å². The molecule has 0 rings (SSSR count). The average Bonchev–Trinajstić information content (AvgIpc) is 2.34. The van der Waals surface area contributed by atoms with Crippen LogP contribution in [0.5, 0.6) is 0 Å². The maximum absolute atomic E-state index is 11.3. The van der Waals surface area contributed by atoms with Crippen LogP contribution >= 0.6 is 0 Å². The lowest BCUT2D eigenvalue weighted by molar-refractivity contribution is -0.121. The summed E-state index contributed by atoms with van der Waals surface area (Å²) in [6, 6.07) is 0. The van der Waals surface area contributed by atoms with Gasteiger partial charge in [-0.2, -0.15) is 0 Å². The average molecular weight is 276 g/mol. The number of ether oxygens (including phenoxy) is 2. The van der Waals surface area contributed by atoms with E-state index in [9.17, 15) is 9.90 Å². The molecule has 0 aromatic rings. The minimum absolute atomic E-state index is 0.0184. The van der Waals surface area contributed by atoms with Crippen LogP contribution in [0.15, 0.2) is 0 Å². The molecule has 0 aliphatic heterocycles. The van der Waals surface area contributed by atoms with E-state index in [0.717, 1.165) is 0 Å². The van der Waals surface area contributed by atoms with E-state index >= 15 is 0 Å². The summed E-state index contributed by atoms with van der Waals surface area (Å²) in [5.41, 5.74) is 0. The summed E-state index contributed by atoms with van der Waals surface area (Å²) < 4.78 is 10.1. The van der Waals surface area contributed by atoms with Crippen LogP contribution in [0.2, 0.25) is 0 Å². The van der Waals surface area contributed by atoms with E-state index < -0.39 is 6.10 Å². The lowest BCUT2D eigenvalue weighted by Gasteiger charge is -2.13. The number of methoxy groups -OCH3 is 1. The number of hydrogen-bond acceptors (Lipinski definition) is 5. The van der Waals surface area contributed by atoms with Crippen molar-refractivity contribution in [2.45, 2.75) is 26.4 Å². The Balaban J connectivity index is 3.34. The fourth-order valence-corrected chi connectivity index (χ4v) is 1.35. The Bertz CT molecular complexity index is 225. The molecule has 19 heavy (non-hydrogen) atoms. The Hall–Kier alpha value is -0.690. The van der Waals surface area contributed by atoms with Crippen molar-refractivity contribution in [2.24, 2.45) is 5.92 Å². The van der Waals surface area contributed by atoms with Gasteiger partial charge in [-0.25, -0.2) is 0 Å². The van der Waals surface area contributed by atoms with E-state index in [1.54, 1.807) is 7.11 Å². The number of hydrogen-bond donors (Lipinski definition) is 3. The number of aliphatic hydroxyl groups excluding tert-OH is 1. The monoisotopic (exact) mass is 276 g/mol. The normalized spacial score (nSPS) is 12.7. The minimum Gasteiger partial charge on any atom is -0.389 e. The number of nitrogens with one attached hydrogen (secondary N) is 2. The Morgan fingerprint density at radius 1 is 1.26 bits per heavy atom. The number of amides is 1. The molecule has 0 saturated heterocycles. The van der Waals surface area contributed by atoms with E-state index in [0.29, 0.717) is 51.8 Å². The maximum atomic E-state index is 11.3. The van der Waals surface area contributed by atoms with Gasteiger partial charge in [0.15, 0.2) is 0 Å². The quantitative estimate of drug-likeness (QED) is 0.429. The van der Waals surface area contributed by atoms with Crippen molar-refractivity contribution in [3.05, 3.63) is 0 Å². The number of carbonyl (C=O) groups excluding carboxylic acids is 1. The molecule has 0 aliphatic rings. The molecule has 0 aromatic heterocycles. The van der Waals surface area contributed by atoms with Crippen LogP contribution in [0.1, 0.15) is 20.3 Å². The lowest BCUT2D eigenvalue weighted by Crippen LogP contribution is -2.34. The van der Waals surface area contributed by atoms with Crippen molar-refractivity contribution in [3.63, 3.8) is 0 Å². The highest BCUT2D eigenvalue weighted by molar-refractivity contribution is 5.75. The second-order valence-electron chi connectivity index (χ2n) is 4.88. The third kappa shape index (κ3) is 13.5. The third-order valence-corrected chi connectivity index (χ3v) is 2.30. The van der Waals surface area contributed by atoms with Gasteiger partial charge in [0.1, 0.15) is 0 Å². The van der Waals surface area contributed by atoms with E-state index in [-0.39, 0.29) is 5.91 Å². The van der Waals surface area contributed by atoms with E-state index in [1.165, 1.54) is 0 Å². The van der Waals surface area contributed by atoms with Gasteiger partial charge < -0.3 is 25.2 Å². The molecule has 0 spiro atoms. The molecular weight excluding hydrogens is 248 g/mol. The van der Waals surface area contributed by atoms with Crippen molar-refractivity contribution in [2.75, 3.05) is 46.6 Å². The first-order chi connectivity index (χ1) is 9.06. The third-order valence-electron chi connectivity index (χ3n) is 2.30. The molecule has 0 aliphatic carbocycles. The standard InChI is InChI=1S/C13H28N2O4/c1-11(2)9-19-10-12(16)8-14-5-4-13(17)15-6-7-18-3/h11-12,14,16H,4-10H2,1-3H3,(H,15,17).